The smallest absolute Gasteiger partial charge is 0.0459 e. The molecule has 1 heteroatoms. The van der Waals surface area contributed by atoms with E-state index in [0.29, 0.717) is 17.9 Å². The Hall–Kier alpha value is -0.0400. The molecule has 1 nitrogen and oxygen atoms in total. The van der Waals surface area contributed by atoms with Gasteiger partial charge in [0, 0.05) is 6.61 Å². The molecule has 0 aromatic rings. The molecule has 0 aromatic heterocycles. The van der Waals surface area contributed by atoms with Crippen molar-refractivity contribution in [1.29, 1.82) is 0 Å². The molecule has 0 spiro atoms. The van der Waals surface area contributed by atoms with Gasteiger partial charge < -0.3 is 5.11 Å². The summed E-state index contributed by atoms with van der Waals surface area (Å²) >= 11 is 0. The molecular weight excluding hydrogens is 184 g/mol. The van der Waals surface area contributed by atoms with Crippen LogP contribution in [0, 0.1) is 29.1 Å². The molecule has 0 radical (unpaired) electrons. The van der Waals surface area contributed by atoms with Gasteiger partial charge in [-0.3, -0.25) is 0 Å². The molecule has 2 aliphatic carbocycles. The van der Waals surface area contributed by atoms with Crippen molar-refractivity contribution < 1.29 is 5.11 Å². The summed E-state index contributed by atoms with van der Waals surface area (Å²) in [4.78, 5) is 0. The van der Waals surface area contributed by atoms with E-state index in [9.17, 15) is 5.11 Å². The highest BCUT2D eigenvalue weighted by Crippen LogP contribution is 2.59. The van der Waals surface area contributed by atoms with Gasteiger partial charge in [-0.2, -0.15) is 0 Å². The highest BCUT2D eigenvalue weighted by atomic mass is 16.3. The van der Waals surface area contributed by atoms with Crippen molar-refractivity contribution in [2.24, 2.45) is 29.1 Å². The molecule has 0 aromatic carbocycles. The Balaban J connectivity index is 2.17. The Morgan fingerprint density at radius 3 is 2.73 bits per heavy atom. The maximum absolute atomic E-state index is 9.37. The first-order valence-electron chi connectivity index (χ1n) is 6.70. The van der Waals surface area contributed by atoms with Crippen molar-refractivity contribution in [3.63, 3.8) is 0 Å². The van der Waals surface area contributed by atoms with Crippen molar-refractivity contribution in [2.75, 3.05) is 6.61 Å². The number of aliphatic hydroxyl groups is 1. The quantitative estimate of drug-likeness (QED) is 0.740. The maximum Gasteiger partial charge on any atom is 0.0459 e. The van der Waals surface area contributed by atoms with Gasteiger partial charge in [0.1, 0.15) is 0 Å². The molecule has 2 rings (SSSR count). The zero-order valence-corrected chi connectivity index (χ0v) is 10.5. The SMILES string of the molecule is C[C@@H](CO)[C@H]1CC[C@H]2[C@@H](C)CCC[C@]12C. The topological polar surface area (TPSA) is 20.2 Å². The zero-order chi connectivity index (χ0) is 11.1. The number of fused-ring (bicyclic) bond motifs is 1. The summed E-state index contributed by atoms with van der Waals surface area (Å²) in [6.45, 7) is 7.55. The molecule has 0 bridgehead atoms. The number of hydrogen-bond donors (Lipinski definition) is 1. The fraction of sp³-hybridized carbons (Fsp3) is 1.00. The van der Waals surface area contributed by atoms with E-state index in [1.165, 1.54) is 32.1 Å². The van der Waals surface area contributed by atoms with E-state index in [1.807, 2.05) is 0 Å². The summed E-state index contributed by atoms with van der Waals surface area (Å²) in [5.41, 5.74) is 0.541. The molecule has 0 heterocycles. The Bertz CT molecular complexity index is 225. The molecule has 88 valence electrons. The summed E-state index contributed by atoms with van der Waals surface area (Å²) in [5.74, 6) is 3.13. The van der Waals surface area contributed by atoms with Gasteiger partial charge in [-0.1, -0.05) is 33.6 Å². The van der Waals surface area contributed by atoms with Gasteiger partial charge in [0.2, 0.25) is 0 Å². The van der Waals surface area contributed by atoms with Gasteiger partial charge in [0.05, 0.1) is 0 Å². The Kier molecular flexibility index (Phi) is 3.12. The predicted octanol–water partition coefficient (Wildman–Crippen LogP) is 3.47. The van der Waals surface area contributed by atoms with Crippen molar-refractivity contribution in [3.8, 4) is 0 Å². The van der Waals surface area contributed by atoms with Gasteiger partial charge in [-0.15, -0.1) is 0 Å². The third kappa shape index (κ3) is 1.73. The second-order valence-electron chi connectivity index (χ2n) is 6.33. The minimum absolute atomic E-state index is 0.376. The molecular formula is C14H26O. The van der Waals surface area contributed by atoms with Crippen molar-refractivity contribution in [2.45, 2.75) is 52.9 Å². The highest BCUT2D eigenvalue weighted by molar-refractivity contribution is 5.00. The minimum Gasteiger partial charge on any atom is -0.396 e. The third-order valence-corrected chi connectivity index (χ3v) is 5.52. The van der Waals surface area contributed by atoms with Crippen molar-refractivity contribution in [1.82, 2.24) is 0 Å². The summed E-state index contributed by atoms with van der Waals surface area (Å²) in [6.07, 6.45) is 7.00. The minimum atomic E-state index is 0.376. The van der Waals surface area contributed by atoms with E-state index in [1.54, 1.807) is 0 Å². The van der Waals surface area contributed by atoms with Crippen LogP contribution in [0.15, 0.2) is 0 Å². The van der Waals surface area contributed by atoms with Crippen LogP contribution in [0.3, 0.4) is 0 Å². The molecule has 1 N–H and O–H groups in total. The van der Waals surface area contributed by atoms with Crippen LogP contribution in [-0.4, -0.2) is 11.7 Å². The van der Waals surface area contributed by atoms with E-state index in [-0.39, 0.29) is 0 Å². The first-order valence-corrected chi connectivity index (χ1v) is 6.70. The maximum atomic E-state index is 9.37. The Morgan fingerprint density at radius 1 is 1.33 bits per heavy atom. The number of hydrogen-bond acceptors (Lipinski definition) is 1. The van der Waals surface area contributed by atoms with Crippen LogP contribution in [0.4, 0.5) is 0 Å². The monoisotopic (exact) mass is 210 g/mol. The van der Waals surface area contributed by atoms with Crippen molar-refractivity contribution in [3.05, 3.63) is 0 Å². The van der Waals surface area contributed by atoms with E-state index in [4.69, 9.17) is 0 Å². The second-order valence-corrected chi connectivity index (χ2v) is 6.33. The molecule has 2 aliphatic rings. The first-order chi connectivity index (χ1) is 7.09. The lowest BCUT2D eigenvalue weighted by Gasteiger charge is -2.45. The van der Waals surface area contributed by atoms with Crippen LogP contribution in [0.25, 0.3) is 0 Å². The summed E-state index contributed by atoms with van der Waals surface area (Å²) in [5, 5.41) is 9.37. The van der Waals surface area contributed by atoms with Gasteiger partial charge >= 0.3 is 0 Å². The first kappa shape index (κ1) is 11.4. The lowest BCUT2D eigenvalue weighted by atomic mass is 9.60. The third-order valence-electron chi connectivity index (χ3n) is 5.52. The molecule has 0 amide bonds. The average Bonchev–Trinajstić information content (AvgIpc) is 2.56. The molecule has 2 saturated carbocycles. The molecule has 2 fully saturated rings. The summed E-state index contributed by atoms with van der Waals surface area (Å²) in [6, 6.07) is 0. The molecule has 0 aliphatic heterocycles. The predicted molar refractivity (Wildman–Crippen MR) is 63.6 cm³/mol. The van der Waals surface area contributed by atoms with Crippen LogP contribution in [0.2, 0.25) is 0 Å². The van der Waals surface area contributed by atoms with E-state index >= 15 is 0 Å². The summed E-state index contributed by atoms with van der Waals surface area (Å²) < 4.78 is 0. The molecule has 15 heavy (non-hydrogen) atoms. The average molecular weight is 210 g/mol. The lowest BCUT2D eigenvalue weighted by molar-refractivity contribution is 0.0229. The lowest BCUT2D eigenvalue weighted by Crippen LogP contribution is -2.38. The second kappa shape index (κ2) is 4.08. The molecule has 5 atom stereocenters. The fourth-order valence-corrected chi connectivity index (χ4v) is 4.67. The van der Waals surface area contributed by atoms with E-state index in [0.717, 1.165) is 17.8 Å². The van der Waals surface area contributed by atoms with E-state index < -0.39 is 0 Å². The fourth-order valence-electron chi connectivity index (χ4n) is 4.67. The largest absolute Gasteiger partial charge is 0.396 e. The van der Waals surface area contributed by atoms with Crippen LogP contribution >= 0.6 is 0 Å². The van der Waals surface area contributed by atoms with Gasteiger partial charge in [-0.25, -0.2) is 0 Å². The van der Waals surface area contributed by atoms with Gasteiger partial charge in [0.15, 0.2) is 0 Å². The zero-order valence-electron chi connectivity index (χ0n) is 10.5. The van der Waals surface area contributed by atoms with E-state index in [2.05, 4.69) is 20.8 Å². The Morgan fingerprint density at radius 2 is 2.07 bits per heavy atom. The summed E-state index contributed by atoms with van der Waals surface area (Å²) in [7, 11) is 0. The number of rotatable bonds is 2. The normalized spacial score (nSPS) is 47.6. The van der Waals surface area contributed by atoms with Crippen molar-refractivity contribution >= 4 is 0 Å². The van der Waals surface area contributed by atoms with Crippen LogP contribution in [-0.2, 0) is 0 Å². The van der Waals surface area contributed by atoms with Gasteiger partial charge in [0.25, 0.3) is 0 Å². The number of aliphatic hydroxyl groups excluding tert-OH is 1. The molecule has 0 saturated heterocycles. The van der Waals surface area contributed by atoms with Crippen LogP contribution < -0.4 is 0 Å². The highest BCUT2D eigenvalue weighted by Gasteiger charge is 2.51. The molecule has 0 unspecified atom stereocenters. The van der Waals surface area contributed by atoms with Gasteiger partial charge in [-0.05, 0) is 48.3 Å². The van der Waals surface area contributed by atoms with Crippen LogP contribution in [0.1, 0.15) is 52.9 Å². The standard InChI is InChI=1S/C14H26O/c1-10-5-4-8-14(3)12(10)6-7-13(14)11(2)9-15/h10-13,15H,4-9H2,1-3H3/t10-,11-,12-,13+,14-/m0/s1. The Labute approximate surface area is 94.3 Å². The van der Waals surface area contributed by atoms with Crippen LogP contribution in [0.5, 0.6) is 0 Å².